The smallest absolute Gasteiger partial charge is 0.326 e. The van der Waals surface area contributed by atoms with E-state index in [9.17, 15) is 29.4 Å². The minimum Gasteiger partial charge on any atom is -0.508 e. The maximum absolute atomic E-state index is 13.4. The van der Waals surface area contributed by atoms with Crippen LogP contribution in [0, 0.1) is 11.8 Å². The molecule has 6 N–H and O–H groups in total. The lowest BCUT2D eigenvalue weighted by atomic mass is 9.99. The van der Waals surface area contributed by atoms with Gasteiger partial charge in [-0.3, -0.25) is 14.4 Å². The number of carbonyl (C=O) groups excluding carboxylic acids is 3. The third-order valence-electron chi connectivity index (χ3n) is 6.21. The summed E-state index contributed by atoms with van der Waals surface area (Å²) < 4.78 is 0. The number of nitrogens with zero attached hydrogens (tertiary/aromatic N) is 1. The van der Waals surface area contributed by atoms with Crippen LogP contribution in [0.3, 0.4) is 0 Å². The molecule has 10 heteroatoms. The van der Waals surface area contributed by atoms with Gasteiger partial charge in [0.1, 0.15) is 23.9 Å². The quantitative estimate of drug-likeness (QED) is 0.287. The van der Waals surface area contributed by atoms with E-state index in [0.717, 1.165) is 0 Å². The van der Waals surface area contributed by atoms with Crippen molar-refractivity contribution in [3.63, 3.8) is 0 Å². The van der Waals surface area contributed by atoms with Crippen molar-refractivity contribution in [2.24, 2.45) is 17.6 Å². The van der Waals surface area contributed by atoms with E-state index < -0.39 is 47.9 Å². The number of aliphatic carboxylic acids is 1. The molecule has 0 aliphatic carbocycles. The topological polar surface area (TPSA) is 162 Å². The predicted molar refractivity (Wildman–Crippen MR) is 135 cm³/mol. The summed E-state index contributed by atoms with van der Waals surface area (Å²) in [5.41, 5.74) is 6.73. The maximum atomic E-state index is 13.4. The number of carboxylic acid groups (broad SMARTS) is 1. The molecule has 1 saturated heterocycles. The summed E-state index contributed by atoms with van der Waals surface area (Å²) in [5.74, 6) is -2.22. The van der Waals surface area contributed by atoms with Gasteiger partial charge in [0.15, 0.2) is 0 Å². The summed E-state index contributed by atoms with van der Waals surface area (Å²) in [6.45, 7) is 8.02. The number of hydrogen-bond donors (Lipinski definition) is 5. The molecule has 0 radical (unpaired) electrons. The molecule has 10 nitrogen and oxygen atoms in total. The molecule has 0 spiro atoms. The number of carboxylic acids is 1. The van der Waals surface area contributed by atoms with Gasteiger partial charge in [-0.05, 0) is 55.2 Å². The van der Waals surface area contributed by atoms with Crippen molar-refractivity contribution in [1.29, 1.82) is 0 Å². The number of aromatic hydroxyl groups is 1. The van der Waals surface area contributed by atoms with E-state index in [0.29, 0.717) is 37.8 Å². The number of rotatable bonds is 12. The molecule has 4 atom stereocenters. The average Bonchev–Trinajstić information content (AvgIpc) is 3.28. The lowest BCUT2D eigenvalue weighted by Crippen LogP contribution is -2.58. The molecule has 3 amide bonds. The fourth-order valence-corrected chi connectivity index (χ4v) is 4.42. The highest BCUT2D eigenvalue weighted by molar-refractivity contribution is 5.94. The number of nitrogens with one attached hydrogen (secondary N) is 2. The summed E-state index contributed by atoms with van der Waals surface area (Å²) in [7, 11) is 0. The van der Waals surface area contributed by atoms with Crippen LogP contribution in [0.1, 0.15) is 58.9 Å². The van der Waals surface area contributed by atoms with Crippen LogP contribution < -0.4 is 16.4 Å². The predicted octanol–water partition coefficient (Wildman–Crippen LogP) is 1.40. The van der Waals surface area contributed by atoms with Crippen molar-refractivity contribution < 1.29 is 29.4 Å². The van der Waals surface area contributed by atoms with Crippen LogP contribution >= 0.6 is 0 Å². The molecule has 0 saturated carbocycles. The number of carbonyl (C=O) groups is 4. The number of hydrogen-bond acceptors (Lipinski definition) is 6. The van der Waals surface area contributed by atoms with Crippen LogP contribution in [-0.2, 0) is 25.6 Å². The highest BCUT2D eigenvalue weighted by Gasteiger charge is 2.38. The maximum Gasteiger partial charge on any atom is 0.326 e. The van der Waals surface area contributed by atoms with Crippen LogP contribution in [0.4, 0.5) is 0 Å². The Morgan fingerprint density at radius 3 is 2.11 bits per heavy atom. The Bertz CT molecular complexity index is 918. The van der Waals surface area contributed by atoms with Gasteiger partial charge >= 0.3 is 5.97 Å². The van der Waals surface area contributed by atoms with Gasteiger partial charge in [-0.25, -0.2) is 4.79 Å². The van der Waals surface area contributed by atoms with E-state index in [1.807, 2.05) is 27.7 Å². The highest BCUT2D eigenvalue weighted by atomic mass is 16.4. The van der Waals surface area contributed by atoms with Gasteiger partial charge in [-0.15, -0.1) is 0 Å². The molecular weight excluding hydrogens is 464 g/mol. The third kappa shape index (κ3) is 8.51. The summed E-state index contributed by atoms with van der Waals surface area (Å²) in [6.07, 6.45) is 1.84. The Labute approximate surface area is 212 Å². The number of likely N-dealkylation sites (tertiary alicyclic amines) is 1. The zero-order valence-electron chi connectivity index (χ0n) is 21.6. The zero-order valence-corrected chi connectivity index (χ0v) is 21.6. The normalized spacial score (nSPS) is 18.1. The monoisotopic (exact) mass is 504 g/mol. The molecule has 1 aromatic rings. The van der Waals surface area contributed by atoms with E-state index in [-0.39, 0.29) is 24.0 Å². The molecule has 1 aliphatic rings. The number of phenolic OH excluding ortho intramolecular Hbond substituents is 1. The van der Waals surface area contributed by atoms with Crippen molar-refractivity contribution in [2.45, 2.75) is 84.0 Å². The number of nitrogens with two attached hydrogens (primary N) is 1. The molecule has 0 aromatic heterocycles. The number of phenols is 1. The van der Waals surface area contributed by atoms with Crippen LogP contribution in [0.25, 0.3) is 0 Å². The minimum absolute atomic E-state index is 0.0507. The summed E-state index contributed by atoms with van der Waals surface area (Å²) in [6, 6.07) is 2.61. The largest absolute Gasteiger partial charge is 0.508 e. The van der Waals surface area contributed by atoms with Crippen LogP contribution in [0.5, 0.6) is 5.75 Å². The minimum atomic E-state index is -1.06. The van der Waals surface area contributed by atoms with Crippen molar-refractivity contribution in [3.05, 3.63) is 29.8 Å². The van der Waals surface area contributed by atoms with E-state index >= 15 is 0 Å². The molecule has 0 unspecified atom stereocenters. The van der Waals surface area contributed by atoms with Crippen molar-refractivity contribution >= 4 is 23.7 Å². The standard InChI is InChI=1S/C26H40N4O6/c1-15(2)12-19(27)23(32)28-20(14-17-7-9-18(31)10-8-17)24(33)29-21(13-16(3)4)25(34)30-11-5-6-22(30)26(35)36/h7-10,15-16,19-22,31H,5-6,11-14,27H2,1-4H3,(H,28,32)(H,29,33)(H,35,36)/t19-,20-,21-,22-/m0/s1. The van der Waals surface area contributed by atoms with Gasteiger partial charge in [-0.1, -0.05) is 39.8 Å². The number of amides is 3. The molecule has 36 heavy (non-hydrogen) atoms. The summed E-state index contributed by atoms with van der Waals surface area (Å²) in [5, 5.41) is 24.6. The Hall–Kier alpha value is -3.14. The molecule has 0 bridgehead atoms. The summed E-state index contributed by atoms with van der Waals surface area (Å²) >= 11 is 0. The van der Waals surface area contributed by atoms with E-state index in [1.54, 1.807) is 12.1 Å². The molecule has 1 aromatic carbocycles. The second-order valence-corrected chi connectivity index (χ2v) is 10.4. The zero-order chi connectivity index (χ0) is 27.0. The third-order valence-corrected chi connectivity index (χ3v) is 6.21. The van der Waals surface area contributed by atoms with Crippen LogP contribution in [-0.4, -0.2) is 69.5 Å². The van der Waals surface area contributed by atoms with E-state index in [4.69, 9.17) is 5.73 Å². The molecular formula is C26H40N4O6. The first-order chi connectivity index (χ1) is 16.9. The SMILES string of the molecule is CC(C)C[C@H](NC(=O)[C@H](Cc1ccc(O)cc1)NC(=O)[C@@H](N)CC(C)C)C(=O)N1CCC[C@H]1C(=O)O. The Balaban J connectivity index is 2.25. The van der Waals surface area contributed by atoms with Crippen molar-refractivity contribution in [1.82, 2.24) is 15.5 Å². The van der Waals surface area contributed by atoms with Gasteiger partial charge in [0.05, 0.1) is 6.04 Å². The van der Waals surface area contributed by atoms with Crippen LogP contribution in [0.15, 0.2) is 24.3 Å². The fraction of sp³-hybridized carbons (Fsp3) is 0.615. The Morgan fingerprint density at radius 1 is 0.972 bits per heavy atom. The van der Waals surface area contributed by atoms with Gasteiger partial charge in [0.2, 0.25) is 17.7 Å². The van der Waals surface area contributed by atoms with Gasteiger partial charge in [-0.2, -0.15) is 0 Å². The molecule has 1 aliphatic heterocycles. The number of benzene rings is 1. The molecule has 2 rings (SSSR count). The summed E-state index contributed by atoms with van der Waals surface area (Å²) in [4.78, 5) is 52.4. The fourth-order valence-electron chi connectivity index (χ4n) is 4.42. The van der Waals surface area contributed by atoms with Crippen molar-refractivity contribution in [3.8, 4) is 5.75 Å². The lowest BCUT2D eigenvalue weighted by Gasteiger charge is -2.30. The highest BCUT2D eigenvalue weighted by Crippen LogP contribution is 2.21. The second kappa shape index (κ2) is 13.2. The molecule has 1 fully saturated rings. The van der Waals surface area contributed by atoms with Crippen LogP contribution in [0.2, 0.25) is 0 Å². The molecule has 1 heterocycles. The second-order valence-electron chi connectivity index (χ2n) is 10.4. The van der Waals surface area contributed by atoms with Crippen molar-refractivity contribution in [2.75, 3.05) is 6.54 Å². The Kier molecular flexibility index (Phi) is 10.7. The van der Waals surface area contributed by atoms with E-state index in [2.05, 4.69) is 10.6 Å². The first-order valence-electron chi connectivity index (χ1n) is 12.6. The first-order valence-corrected chi connectivity index (χ1v) is 12.6. The molecule has 200 valence electrons. The van der Waals surface area contributed by atoms with Gasteiger partial charge < -0.3 is 31.5 Å². The lowest BCUT2D eigenvalue weighted by molar-refractivity contribution is -0.149. The average molecular weight is 505 g/mol. The van der Waals surface area contributed by atoms with Gasteiger partial charge in [0, 0.05) is 13.0 Å². The van der Waals surface area contributed by atoms with Gasteiger partial charge in [0.25, 0.3) is 0 Å². The van der Waals surface area contributed by atoms with E-state index in [1.165, 1.54) is 17.0 Å². The first kappa shape index (κ1) is 29.1. The Morgan fingerprint density at radius 2 is 1.56 bits per heavy atom.